The van der Waals surface area contributed by atoms with E-state index in [2.05, 4.69) is 0 Å². The van der Waals surface area contributed by atoms with Crippen LogP contribution in [0.1, 0.15) is 0 Å². The van der Waals surface area contributed by atoms with Crippen LogP contribution in [0.4, 0.5) is 10.1 Å². The minimum absolute atomic E-state index is 0.0443. The lowest BCUT2D eigenvalue weighted by Crippen LogP contribution is -1.96. The lowest BCUT2D eigenvalue weighted by atomic mass is 10.0. The highest BCUT2D eigenvalue weighted by atomic mass is 35.5. The molecule has 0 heterocycles. The number of halogens is 4. The van der Waals surface area contributed by atoms with E-state index in [1.165, 1.54) is 24.3 Å². The van der Waals surface area contributed by atoms with E-state index in [9.17, 15) is 14.5 Å². The molecule has 0 spiro atoms. The zero-order valence-corrected chi connectivity index (χ0v) is 11.4. The van der Waals surface area contributed by atoms with Gasteiger partial charge in [0.05, 0.1) is 25.6 Å². The summed E-state index contributed by atoms with van der Waals surface area (Å²) in [6.45, 7) is 0. The second-order valence-electron chi connectivity index (χ2n) is 3.62. The molecule has 2 aromatic carbocycles. The molecule has 3 nitrogen and oxygen atoms in total. The molecule has 0 aromatic heterocycles. The molecule has 0 radical (unpaired) electrons. The molecule has 0 aliphatic carbocycles. The first-order valence-electron chi connectivity index (χ1n) is 5.00. The lowest BCUT2D eigenvalue weighted by Gasteiger charge is -2.08. The lowest BCUT2D eigenvalue weighted by molar-refractivity contribution is -0.386. The molecule has 0 bridgehead atoms. The van der Waals surface area contributed by atoms with Crippen molar-refractivity contribution in [2.75, 3.05) is 0 Å². The Morgan fingerprint density at radius 1 is 1.00 bits per heavy atom. The van der Waals surface area contributed by atoms with Gasteiger partial charge in [0.15, 0.2) is 0 Å². The van der Waals surface area contributed by atoms with Gasteiger partial charge in [0.2, 0.25) is 5.82 Å². The maximum absolute atomic E-state index is 13.6. The van der Waals surface area contributed by atoms with Gasteiger partial charge in [-0.15, -0.1) is 0 Å². The Balaban J connectivity index is 2.77. The molecule has 19 heavy (non-hydrogen) atoms. The molecule has 0 saturated heterocycles. The highest BCUT2D eigenvalue weighted by Gasteiger charge is 2.23. The average Bonchev–Trinajstić information content (AvgIpc) is 2.35. The molecule has 0 saturated carbocycles. The first-order chi connectivity index (χ1) is 8.93. The fraction of sp³-hybridized carbons (Fsp3) is 0. The third kappa shape index (κ3) is 2.52. The summed E-state index contributed by atoms with van der Waals surface area (Å²) < 4.78 is 13.6. The predicted octanol–water partition coefficient (Wildman–Crippen LogP) is 5.36. The number of rotatable bonds is 2. The molecule has 0 aliphatic rings. The number of hydrogen-bond acceptors (Lipinski definition) is 2. The van der Waals surface area contributed by atoms with Gasteiger partial charge in [0, 0.05) is 5.56 Å². The fourth-order valence-electron chi connectivity index (χ4n) is 1.65. The van der Waals surface area contributed by atoms with E-state index in [0.717, 1.165) is 6.07 Å². The quantitative estimate of drug-likeness (QED) is 0.424. The van der Waals surface area contributed by atoms with E-state index in [4.69, 9.17) is 34.8 Å². The first kappa shape index (κ1) is 14.1. The molecule has 0 fully saturated rings. The molecule has 7 heteroatoms. The summed E-state index contributed by atoms with van der Waals surface area (Å²) in [7, 11) is 0. The van der Waals surface area contributed by atoms with Crippen molar-refractivity contribution >= 4 is 40.5 Å². The average molecular weight is 321 g/mol. The SMILES string of the molecule is O=[N+]([O-])c1c(F)cccc1-c1ccc(Cl)c(Cl)c1Cl. The largest absolute Gasteiger partial charge is 0.312 e. The summed E-state index contributed by atoms with van der Waals surface area (Å²) in [6.07, 6.45) is 0. The van der Waals surface area contributed by atoms with Gasteiger partial charge in [0.1, 0.15) is 0 Å². The van der Waals surface area contributed by atoms with E-state index < -0.39 is 16.4 Å². The number of nitrogens with zero attached hydrogens (tertiary/aromatic N) is 1. The van der Waals surface area contributed by atoms with Gasteiger partial charge in [-0.2, -0.15) is 4.39 Å². The van der Waals surface area contributed by atoms with Crippen LogP contribution in [0.5, 0.6) is 0 Å². The third-order valence-corrected chi connectivity index (χ3v) is 3.79. The molecule has 0 amide bonds. The summed E-state index contributed by atoms with van der Waals surface area (Å²) in [5.74, 6) is -0.940. The molecule has 0 unspecified atom stereocenters. The van der Waals surface area contributed by atoms with E-state index in [0.29, 0.717) is 0 Å². The van der Waals surface area contributed by atoms with Crippen LogP contribution in [-0.4, -0.2) is 4.92 Å². The second kappa shape index (κ2) is 5.33. The van der Waals surface area contributed by atoms with E-state index in [-0.39, 0.29) is 26.2 Å². The number of nitro benzene ring substituents is 1. The van der Waals surface area contributed by atoms with Gasteiger partial charge in [-0.25, -0.2) is 0 Å². The van der Waals surface area contributed by atoms with Gasteiger partial charge in [-0.1, -0.05) is 46.9 Å². The second-order valence-corrected chi connectivity index (χ2v) is 4.78. The maximum Gasteiger partial charge on any atom is 0.312 e. The van der Waals surface area contributed by atoms with Crippen LogP contribution in [0.15, 0.2) is 30.3 Å². The summed E-state index contributed by atoms with van der Waals surface area (Å²) in [5.41, 5.74) is -0.348. The number of nitro groups is 1. The molecule has 0 N–H and O–H groups in total. The monoisotopic (exact) mass is 319 g/mol. The molecule has 0 atom stereocenters. The maximum atomic E-state index is 13.6. The third-order valence-electron chi connectivity index (χ3n) is 2.49. The summed E-state index contributed by atoms with van der Waals surface area (Å²) in [4.78, 5) is 10.1. The minimum atomic E-state index is -0.940. The van der Waals surface area contributed by atoms with E-state index in [1.807, 2.05) is 0 Å². The molecular weight excluding hydrogens is 315 g/mol. The van der Waals surface area contributed by atoms with Crippen LogP contribution >= 0.6 is 34.8 Å². The topological polar surface area (TPSA) is 43.1 Å². The van der Waals surface area contributed by atoms with Crippen molar-refractivity contribution in [3.63, 3.8) is 0 Å². The zero-order chi connectivity index (χ0) is 14.2. The van der Waals surface area contributed by atoms with Crippen molar-refractivity contribution < 1.29 is 9.31 Å². The highest BCUT2D eigenvalue weighted by Crippen LogP contribution is 2.41. The molecule has 0 aliphatic heterocycles. The normalized spacial score (nSPS) is 10.5. The Morgan fingerprint density at radius 2 is 1.68 bits per heavy atom. The predicted molar refractivity (Wildman–Crippen MR) is 73.5 cm³/mol. The zero-order valence-electron chi connectivity index (χ0n) is 9.16. The summed E-state index contributed by atoms with van der Waals surface area (Å²) in [6, 6.07) is 6.66. The van der Waals surface area contributed by atoms with Gasteiger partial charge < -0.3 is 0 Å². The van der Waals surface area contributed by atoms with Gasteiger partial charge in [-0.3, -0.25) is 10.1 Å². The molecule has 98 valence electrons. The Bertz CT molecular complexity index is 676. The van der Waals surface area contributed by atoms with Crippen molar-refractivity contribution in [3.05, 3.63) is 61.3 Å². The van der Waals surface area contributed by atoms with E-state index in [1.54, 1.807) is 0 Å². The van der Waals surface area contributed by atoms with Crippen molar-refractivity contribution in [2.24, 2.45) is 0 Å². The smallest absolute Gasteiger partial charge is 0.258 e. The minimum Gasteiger partial charge on any atom is -0.258 e. The van der Waals surface area contributed by atoms with Gasteiger partial charge in [-0.05, 0) is 18.2 Å². The summed E-state index contributed by atoms with van der Waals surface area (Å²) >= 11 is 17.7. The van der Waals surface area contributed by atoms with Crippen molar-refractivity contribution in [2.45, 2.75) is 0 Å². The molecule has 2 aromatic rings. The number of benzene rings is 2. The Hall–Kier alpha value is -1.36. The Morgan fingerprint density at radius 3 is 2.32 bits per heavy atom. The van der Waals surface area contributed by atoms with Crippen molar-refractivity contribution in [3.8, 4) is 11.1 Å². The fourth-order valence-corrected chi connectivity index (χ4v) is 2.29. The Labute approximate surface area is 122 Å². The summed E-state index contributed by atoms with van der Waals surface area (Å²) in [5, 5.41) is 11.3. The van der Waals surface area contributed by atoms with Crippen LogP contribution in [0.25, 0.3) is 11.1 Å². The Kier molecular flexibility index (Phi) is 3.94. The number of para-hydroxylation sites is 1. The first-order valence-corrected chi connectivity index (χ1v) is 6.13. The van der Waals surface area contributed by atoms with Crippen molar-refractivity contribution in [1.82, 2.24) is 0 Å². The highest BCUT2D eigenvalue weighted by molar-refractivity contribution is 6.49. The van der Waals surface area contributed by atoms with Crippen LogP contribution in [-0.2, 0) is 0 Å². The number of hydrogen-bond donors (Lipinski definition) is 0. The molecular formula is C12H5Cl3FNO2. The van der Waals surface area contributed by atoms with E-state index >= 15 is 0 Å². The van der Waals surface area contributed by atoms with Crippen LogP contribution in [0.2, 0.25) is 15.1 Å². The van der Waals surface area contributed by atoms with Crippen LogP contribution in [0.3, 0.4) is 0 Å². The van der Waals surface area contributed by atoms with Crippen LogP contribution in [0, 0.1) is 15.9 Å². The van der Waals surface area contributed by atoms with Gasteiger partial charge in [0.25, 0.3) is 0 Å². The van der Waals surface area contributed by atoms with Crippen molar-refractivity contribution in [1.29, 1.82) is 0 Å². The standard InChI is InChI=1S/C12H5Cl3FNO2/c13-8-5-4-6(10(14)11(8)15)7-2-1-3-9(16)12(7)17(18)19/h1-5H. The van der Waals surface area contributed by atoms with Gasteiger partial charge >= 0.3 is 5.69 Å². The molecule has 2 rings (SSSR count). The van der Waals surface area contributed by atoms with Crippen LogP contribution < -0.4 is 0 Å².